The summed E-state index contributed by atoms with van der Waals surface area (Å²) in [6.07, 6.45) is 9.35. The number of hydrogen-bond donors (Lipinski definition) is 1. The molecule has 5 heteroatoms. The molecular formula is C21H32FN3O. The van der Waals surface area contributed by atoms with Gasteiger partial charge in [0.05, 0.1) is 0 Å². The highest BCUT2D eigenvalue weighted by Crippen LogP contribution is 2.18. The molecule has 0 atom stereocenters. The third-order valence-electron chi connectivity index (χ3n) is 5.70. The molecular weight excluding hydrogens is 329 g/mol. The predicted molar refractivity (Wildman–Crippen MR) is 103 cm³/mol. The van der Waals surface area contributed by atoms with Crippen LogP contribution in [0, 0.1) is 5.82 Å². The number of unbranched alkanes of at least 4 members (excludes halogenated alkanes) is 1. The second-order valence-corrected chi connectivity index (χ2v) is 7.70. The van der Waals surface area contributed by atoms with Gasteiger partial charge < -0.3 is 10.2 Å². The van der Waals surface area contributed by atoms with Gasteiger partial charge in [0, 0.05) is 32.2 Å². The SMILES string of the molecule is O=C(NC1CCCCC1)N1CCN(CCCCc2ccc(F)cc2)CC1. The van der Waals surface area contributed by atoms with Gasteiger partial charge in [-0.15, -0.1) is 0 Å². The smallest absolute Gasteiger partial charge is 0.317 e. The van der Waals surface area contributed by atoms with Crippen molar-refractivity contribution in [3.8, 4) is 0 Å². The first kappa shape index (κ1) is 19.2. The Hall–Kier alpha value is -1.62. The zero-order valence-electron chi connectivity index (χ0n) is 15.8. The van der Waals surface area contributed by atoms with E-state index in [-0.39, 0.29) is 11.8 Å². The maximum atomic E-state index is 12.9. The summed E-state index contributed by atoms with van der Waals surface area (Å²) in [5.74, 6) is -0.167. The lowest BCUT2D eigenvalue weighted by atomic mass is 9.96. The lowest BCUT2D eigenvalue weighted by Crippen LogP contribution is -2.53. The molecule has 1 aromatic rings. The summed E-state index contributed by atoms with van der Waals surface area (Å²) in [6, 6.07) is 7.34. The number of nitrogens with zero attached hydrogens (tertiary/aromatic N) is 2. The molecule has 1 saturated carbocycles. The van der Waals surface area contributed by atoms with Crippen LogP contribution in [0.2, 0.25) is 0 Å². The van der Waals surface area contributed by atoms with Gasteiger partial charge in [0.2, 0.25) is 0 Å². The average Bonchev–Trinajstić information content (AvgIpc) is 2.68. The molecule has 1 aromatic carbocycles. The number of aryl methyl sites for hydroxylation is 1. The first-order valence-electron chi connectivity index (χ1n) is 10.2. The van der Waals surface area contributed by atoms with Gasteiger partial charge in [-0.25, -0.2) is 9.18 Å². The van der Waals surface area contributed by atoms with Crippen LogP contribution in [0.25, 0.3) is 0 Å². The zero-order valence-corrected chi connectivity index (χ0v) is 15.8. The molecule has 3 rings (SSSR count). The molecule has 4 nitrogen and oxygen atoms in total. The largest absolute Gasteiger partial charge is 0.335 e. The third-order valence-corrected chi connectivity index (χ3v) is 5.70. The highest BCUT2D eigenvalue weighted by molar-refractivity contribution is 5.74. The number of rotatable bonds is 6. The maximum Gasteiger partial charge on any atom is 0.317 e. The van der Waals surface area contributed by atoms with Gasteiger partial charge in [0.15, 0.2) is 0 Å². The normalized spacial score (nSPS) is 19.5. The highest BCUT2D eigenvalue weighted by Gasteiger charge is 2.23. The van der Waals surface area contributed by atoms with Crippen molar-refractivity contribution in [2.75, 3.05) is 32.7 Å². The zero-order chi connectivity index (χ0) is 18.2. The Labute approximate surface area is 156 Å². The van der Waals surface area contributed by atoms with Crippen LogP contribution in [0.1, 0.15) is 50.5 Å². The standard InChI is InChI=1S/C21H32FN3O/c22-19-11-9-18(10-12-19)6-4-5-13-24-14-16-25(17-15-24)21(26)23-20-7-2-1-3-8-20/h9-12,20H,1-8,13-17H2,(H,23,26). The molecule has 0 bridgehead atoms. The van der Waals surface area contributed by atoms with E-state index in [9.17, 15) is 9.18 Å². The fourth-order valence-corrected chi connectivity index (χ4v) is 4.00. The van der Waals surface area contributed by atoms with E-state index < -0.39 is 0 Å². The molecule has 1 saturated heterocycles. The van der Waals surface area contributed by atoms with Crippen molar-refractivity contribution in [2.24, 2.45) is 0 Å². The van der Waals surface area contributed by atoms with Crippen molar-refractivity contribution >= 4 is 6.03 Å². The van der Waals surface area contributed by atoms with E-state index in [1.165, 1.54) is 37.0 Å². The second-order valence-electron chi connectivity index (χ2n) is 7.70. The van der Waals surface area contributed by atoms with Crippen molar-refractivity contribution in [1.82, 2.24) is 15.1 Å². The first-order chi connectivity index (χ1) is 12.7. The summed E-state index contributed by atoms with van der Waals surface area (Å²) in [5.41, 5.74) is 1.20. The Morgan fingerprint density at radius 1 is 1.00 bits per heavy atom. The van der Waals surface area contributed by atoms with Gasteiger partial charge in [0.25, 0.3) is 0 Å². The van der Waals surface area contributed by atoms with E-state index in [4.69, 9.17) is 0 Å². The van der Waals surface area contributed by atoms with Gasteiger partial charge in [-0.05, 0) is 56.3 Å². The van der Waals surface area contributed by atoms with Gasteiger partial charge in [-0.1, -0.05) is 31.4 Å². The van der Waals surface area contributed by atoms with E-state index in [0.717, 1.165) is 64.8 Å². The van der Waals surface area contributed by atoms with E-state index in [1.54, 1.807) is 0 Å². The lowest BCUT2D eigenvalue weighted by molar-refractivity contribution is 0.134. The minimum Gasteiger partial charge on any atom is -0.335 e. The monoisotopic (exact) mass is 361 g/mol. The molecule has 1 aliphatic heterocycles. The fourth-order valence-electron chi connectivity index (χ4n) is 4.00. The number of nitrogens with one attached hydrogen (secondary N) is 1. The van der Waals surface area contributed by atoms with E-state index >= 15 is 0 Å². The van der Waals surface area contributed by atoms with Crippen molar-refractivity contribution in [3.05, 3.63) is 35.6 Å². The number of carbonyl (C=O) groups is 1. The Bertz CT molecular complexity index is 549. The predicted octanol–water partition coefficient (Wildman–Crippen LogP) is 3.81. The summed E-state index contributed by atoms with van der Waals surface area (Å²) in [5, 5.41) is 3.22. The summed E-state index contributed by atoms with van der Waals surface area (Å²) >= 11 is 0. The molecule has 144 valence electrons. The second kappa shape index (κ2) is 9.91. The summed E-state index contributed by atoms with van der Waals surface area (Å²) in [4.78, 5) is 16.8. The Morgan fingerprint density at radius 2 is 1.69 bits per heavy atom. The van der Waals surface area contributed by atoms with Gasteiger partial charge >= 0.3 is 6.03 Å². The van der Waals surface area contributed by atoms with Crippen molar-refractivity contribution in [3.63, 3.8) is 0 Å². The van der Waals surface area contributed by atoms with Crippen LogP contribution >= 0.6 is 0 Å². The lowest BCUT2D eigenvalue weighted by Gasteiger charge is -2.36. The topological polar surface area (TPSA) is 35.6 Å². The van der Waals surface area contributed by atoms with Crippen LogP contribution in [0.3, 0.4) is 0 Å². The maximum absolute atomic E-state index is 12.9. The van der Waals surface area contributed by atoms with Crippen LogP contribution in [0.4, 0.5) is 9.18 Å². The van der Waals surface area contributed by atoms with Crippen LogP contribution in [0.15, 0.2) is 24.3 Å². The minimum absolute atomic E-state index is 0.132. The number of carbonyl (C=O) groups excluding carboxylic acids is 1. The number of hydrogen-bond acceptors (Lipinski definition) is 2. The molecule has 2 aliphatic rings. The number of urea groups is 1. The quantitative estimate of drug-likeness (QED) is 0.782. The third kappa shape index (κ3) is 5.97. The summed E-state index contributed by atoms with van der Waals surface area (Å²) < 4.78 is 12.9. The van der Waals surface area contributed by atoms with Crippen molar-refractivity contribution in [2.45, 2.75) is 57.4 Å². The van der Waals surface area contributed by atoms with Gasteiger partial charge in [0.1, 0.15) is 5.82 Å². The molecule has 0 unspecified atom stereocenters. The number of piperazine rings is 1. The Kier molecular flexibility index (Phi) is 7.30. The molecule has 26 heavy (non-hydrogen) atoms. The molecule has 0 radical (unpaired) electrons. The van der Waals surface area contributed by atoms with Gasteiger partial charge in [-0.2, -0.15) is 0 Å². The molecule has 0 aromatic heterocycles. The summed E-state index contributed by atoms with van der Waals surface area (Å²) in [7, 11) is 0. The van der Waals surface area contributed by atoms with E-state index in [2.05, 4.69) is 10.2 Å². The molecule has 1 N–H and O–H groups in total. The Morgan fingerprint density at radius 3 is 2.38 bits per heavy atom. The minimum atomic E-state index is -0.167. The fraction of sp³-hybridized carbons (Fsp3) is 0.667. The number of halogens is 1. The van der Waals surface area contributed by atoms with Crippen molar-refractivity contribution in [1.29, 1.82) is 0 Å². The highest BCUT2D eigenvalue weighted by atomic mass is 19.1. The summed E-state index contributed by atoms with van der Waals surface area (Å²) in [6.45, 7) is 4.68. The average molecular weight is 362 g/mol. The number of amides is 2. The molecule has 2 amide bonds. The molecule has 1 heterocycles. The van der Waals surface area contributed by atoms with Crippen LogP contribution in [0.5, 0.6) is 0 Å². The van der Waals surface area contributed by atoms with Crippen LogP contribution < -0.4 is 5.32 Å². The van der Waals surface area contributed by atoms with E-state index in [1.807, 2.05) is 17.0 Å². The molecule has 0 spiro atoms. The number of benzene rings is 1. The van der Waals surface area contributed by atoms with Crippen LogP contribution in [-0.2, 0) is 6.42 Å². The van der Waals surface area contributed by atoms with Crippen LogP contribution in [-0.4, -0.2) is 54.6 Å². The van der Waals surface area contributed by atoms with Crippen molar-refractivity contribution < 1.29 is 9.18 Å². The first-order valence-corrected chi connectivity index (χ1v) is 10.2. The Balaban J connectivity index is 1.28. The van der Waals surface area contributed by atoms with Gasteiger partial charge in [-0.3, -0.25) is 4.90 Å². The molecule has 1 aliphatic carbocycles. The van der Waals surface area contributed by atoms with E-state index in [0.29, 0.717) is 6.04 Å². The molecule has 2 fully saturated rings.